The second-order valence-corrected chi connectivity index (χ2v) is 2.73. The van der Waals surface area contributed by atoms with Gasteiger partial charge in [-0.25, -0.2) is 4.98 Å². The molecule has 0 saturated carbocycles. The molecule has 2 rings (SSSR count). The van der Waals surface area contributed by atoms with Crippen molar-refractivity contribution in [1.29, 1.82) is 0 Å². The Balaban J connectivity index is 2.43. The van der Waals surface area contributed by atoms with Crippen molar-refractivity contribution < 1.29 is 5.11 Å². The van der Waals surface area contributed by atoms with Crippen molar-refractivity contribution in [3.05, 3.63) is 17.8 Å². The van der Waals surface area contributed by atoms with Crippen LogP contribution in [-0.2, 0) is 6.42 Å². The van der Waals surface area contributed by atoms with Crippen LogP contribution in [0.3, 0.4) is 0 Å². The van der Waals surface area contributed by atoms with E-state index in [1.54, 1.807) is 6.07 Å². The summed E-state index contributed by atoms with van der Waals surface area (Å²) < 4.78 is 0. The largest absolute Gasteiger partial charge is 0.506 e. The number of aromatic hydroxyl groups is 1. The van der Waals surface area contributed by atoms with Gasteiger partial charge in [0.05, 0.1) is 6.20 Å². The highest BCUT2D eigenvalue weighted by atomic mass is 16.3. The molecule has 0 spiro atoms. The average Bonchev–Trinajstić information content (AvgIpc) is 2.04. The van der Waals surface area contributed by atoms with Gasteiger partial charge in [0.1, 0.15) is 11.6 Å². The third-order valence-electron chi connectivity index (χ3n) is 1.87. The molecule has 11 heavy (non-hydrogen) atoms. The monoisotopic (exact) mass is 150 g/mol. The summed E-state index contributed by atoms with van der Waals surface area (Å²) in [4.78, 5) is 4.06. The van der Waals surface area contributed by atoms with Crippen LogP contribution in [0.5, 0.6) is 5.75 Å². The predicted molar refractivity (Wildman–Crippen MR) is 42.7 cm³/mol. The number of fused-ring (bicyclic) bond motifs is 1. The Bertz CT molecular complexity index is 273. The van der Waals surface area contributed by atoms with Crippen LogP contribution in [0.4, 0.5) is 5.82 Å². The standard InChI is InChI=1S/C8H10N2O/c11-7-4-6-2-1-3-9-8(6)10-5-7/h4-5,11H,1-3H2,(H,9,10). The maximum atomic E-state index is 9.10. The van der Waals surface area contributed by atoms with E-state index in [0.29, 0.717) is 0 Å². The van der Waals surface area contributed by atoms with Crippen molar-refractivity contribution in [2.45, 2.75) is 12.8 Å². The molecule has 3 heteroatoms. The van der Waals surface area contributed by atoms with Gasteiger partial charge >= 0.3 is 0 Å². The summed E-state index contributed by atoms with van der Waals surface area (Å²) in [7, 11) is 0. The summed E-state index contributed by atoms with van der Waals surface area (Å²) in [6.45, 7) is 0.991. The molecule has 0 fully saturated rings. The minimum Gasteiger partial charge on any atom is -0.506 e. The number of nitrogens with one attached hydrogen (secondary N) is 1. The van der Waals surface area contributed by atoms with Gasteiger partial charge in [0.25, 0.3) is 0 Å². The van der Waals surface area contributed by atoms with Crippen LogP contribution >= 0.6 is 0 Å². The number of rotatable bonds is 0. The molecule has 58 valence electrons. The van der Waals surface area contributed by atoms with Gasteiger partial charge in [0.2, 0.25) is 0 Å². The predicted octanol–water partition coefficient (Wildman–Crippen LogP) is 1.15. The van der Waals surface area contributed by atoms with Gasteiger partial charge in [-0.1, -0.05) is 0 Å². The van der Waals surface area contributed by atoms with Crippen molar-refractivity contribution >= 4 is 5.82 Å². The Kier molecular flexibility index (Phi) is 1.42. The van der Waals surface area contributed by atoms with Crippen LogP contribution in [0.15, 0.2) is 12.3 Å². The average molecular weight is 150 g/mol. The molecule has 0 amide bonds. The first-order valence-electron chi connectivity index (χ1n) is 3.78. The fourth-order valence-electron chi connectivity index (χ4n) is 1.33. The summed E-state index contributed by atoms with van der Waals surface area (Å²) in [6, 6.07) is 1.77. The van der Waals surface area contributed by atoms with Gasteiger partial charge in [-0.3, -0.25) is 0 Å². The Labute approximate surface area is 65.1 Å². The second-order valence-electron chi connectivity index (χ2n) is 2.73. The molecule has 3 nitrogen and oxygen atoms in total. The van der Waals surface area contributed by atoms with E-state index >= 15 is 0 Å². The first kappa shape index (κ1) is 6.46. The van der Waals surface area contributed by atoms with E-state index in [2.05, 4.69) is 10.3 Å². The highest BCUT2D eigenvalue weighted by molar-refractivity contribution is 5.48. The first-order chi connectivity index (χ1) is 5.36. The Morgan fingerprint density at radius 1 is 1.55 bits per heavy atom. The fourth-order valence-corrected chi connectivity index (χ4v) is 1.33. The van der Waals surface area contributed by atoms with E-state index in [4.69, 9.17) is 5.11 Å². The third kappa shape index (κ3) is 1.13. The maximum absolute atomic E-state index is 9.10. The lowest BCUT2D eigenvalue weighted by atomic mass is 10.1. The molecule has 0 saturated heterocycles. The number of aromatic nitrogens is 1. The van der Waals surface area contributed by atoms with Gasteiger partial charge < -0.3 is 10.4 Å². The van der Waals surface area contributed by atoms with Crippen LogP contribution in [0.1, 0.15) is 12.0 Å². The van der Waals surface area contributed by atoms with E-state index in [-0.39, 0.29) is 5.75 Å². The number of nitrogens with zero attached hydrogens (tertiary/aromatic N) is 1. The minimum absolute atomic E-state index is 0.257. The van der Waals surface area contributed by atoms with Gasteiger partial charge in [0, 0.05) is 6.54 Å². The van der Waals surface area contributed by atoms with Crippen LogP contribution in [0.25, 0.3) is 0 Å². The number of hydrogen-bond acceptors (Lipinski definition) is 3. The summed E-state index contributed by atoms with van der Waals surface area (Å²) in [5, 5.41) is 12.3. The van der Waals surface area contributed by atoms with Gasteiger partial charge in [-0.15, -0.1) is 0 Å². The molecular formula is C8H10N2O. The van der Waals surface area contributed by atoms with Crippen LogP contribution in [-0.4, -0.2) is 16.6 Å². The molecule has 0 atom stereocenters. The smallest absolute Gasteiger partial charge is 0.134 e. The normalized spacial score (nSPS) is 15.3. The quantitative estimate of drug-likeness (QED) is 0.583. The number of anilines is 1. The first-order valence-corrected chi connectivity index (χ1v) is 3.78. The molecule has 1 aliphatic rings. The highest BCUT2D eigenvalue weighted by Crippen LogP contribution is 2.22. The van der Waals surface area contributed by atoms with Crippen molar-refractivity contribution in [3.63, 3.8) is 0 Å². The lowest BCUT2D eigenvalue weighted by molar-refractivity contribution is 0.471. The molecule has 1 aromatic rings. The van der Waals surface area contributed by atoms with Crippen molar-refractivity contribution in [2.24, 2.45) is 0 Å². The zero-order valence-electron chi connectivity index (χ0n) is 6.17. The van der Waals surface area contributed by atoms with Crippen molar-refractivity contribution in [1.82, 2.24) is 4.98 Å². The second kappa shape index (κ2) is 2.42. The molecule has 0 aromatic carbocycles. The molecule has 1 aliphatic heterocycles. The molecular weight excluding hydrogens is 140 g/mol. The fraction of sp³-hybridized carbons (Fsp3) is 0.375. The van der Waals surface area contributed by atoms with Gasteiger partial charge in [-0.05, 0) is 24.5 Å². The summed E-state index contributed by atoms with van der Waals surface area (Å²) in [6.07, 6.45) is 3.61. The molecule has 0 aliphatic carbocycles. The Morgan fingerprint density at radius 2 is 2.45 bits per heavy atom. The van der Waals surface area contributed by atoms with E-state index in [1.807, 2.05) is 0 Å². The van der Waals surface area contributed by atoms with E-state index < -0.39 is 0 Å². The maximum Gasteiger partial charge on any atom is 0.134 e. The highest BCUT2D eigenvalue weighted by Gasteiger charge is 2.08. The molecule has 2 N–H and O–H groups in total. The molecule has 0 bridgehead atoms. The zero-order valence-corrected chi connectivity index (χ0v) is 6.17. The lowest BCUT2D eigenvalue weighted by Crippen LogP contribution is -2.12. The molecule has 1 aromatic heterocycles. The minimum atomic E-state index is 0.257. The summed E-state index contributed by atoms with van der Waals surface area (Å²) in [5.74, 6) is 1.18. The molecule has 2 heterocycles. The van der Waals surface area contributed by atoms with E-state index in [9.17, 15) is 0 Å². The van der Waals surface area contributed by atoms with Gasteiger partial charge in [0.15, 0.2) is 0 Å². The number of hydrogen-bond donors (Lipinski definition) is 2. The summed E-state index contributed by atoms with van der Waals surface area (Å²) in [5.41, 5.74) is 1.12. The molecule has 0 radical (unpaired) electrons. The Hall–Kier alpha value is -1.25. The zero-order chi connectivity index (χ0) is 7.68. The number of pyridine rings is 1. The van der Waals surface area contributed by atoms with E-state index in [1.165, 1.54) is 6.20 Å². The van der Waals surface area contributed by atoms with Crippen molar-refractivity contribution in [2.75, 3.05) is 11.9 Å². The number of aryl methyl sites for hydroxylation is 1. The molecule has 0 unspecified atom stereocenters. The summed E-state index contributed by atoms with van der Waals surface area (Å²) >= 11 is 0. The van der Waals surface area contributed by atoms with E-state index in [0.717, 1.165) is 30.8 Å². The van der Waals surface area contributed by atoms with Gasteiger partial charge in [-0.2, -0.15) is 0 Å². The lowest BCUT2D eigenvalue weighted by Gasteiger charge is -2.15. The third-order valence-corrected chi connectivity index (χ3v) is 1.87. The van der Waals surface area contributed by atoms with Crippen LogP contribution in [0, 0.1) is 0 Å². The topological polar surface area (TPSA) is 45.2 Å². The Morgan fingerprint density at radius 3 is 3.36 bits per heavy atom. The van der Waals surface area contributed by atoms with Crippen LogP contribution < -0.4 is 5.32 Å². The van der Waals surface area contributed by atoms with Crippen LogP contribution in [0.2, 0.25) is 0 Å². The van der Waals surface area contributed by atoms with Crippen molar-refractivity contribution in [3.8, 4) is 5.75 Å². The SMILES string of the molecule is Oc1cnc2c(c1)CCCN2.